The van der Waals surface area contributed by atoms with Gasteiger partial charge in [-0.1, -0.05) is 0 Å². The number of amides is 1. The minimum absolute atomic E-state index is 0.632. The van der Waals surface area contributed by atoms with Gasteiger partial charge in [0.05, 0.1) is 0 Å². The lowest BCUT2D eigenvalue weighted by atomic mass is 9.98. The Kier molecular flexibility index (Phi) is 1.51. The minimum atomic E-state index is -1.28. The number of carbonyl (C=O) groups excluding carboxylic acids is 1. The zero-order valence-electron chi connectivity index (χ0n) is 6.25. The number of carboxylic acids is 1. The molecule has 0 aliphatic carbocycles. The number of cyclic esters (lactones) is 1. The molecule has 1 aliphatic rings. The number of carbonyl (C=O) groups is 2. The maximum absolute atomic E-state index is 10.6. The maximum Gasteiger partial charge on any atom is 0.408 e. The Labute approximate surface area is 63.3 Å². The summed E-state index contributed by atoms with van der Waals surface area (Å²) in [6, 6.07) is 0. The first-order valence-electron chi connectivity index (χ1n) is 3.19. The second-order valence-electron chi connectivity index (χ2n) is 2.68. The topological polar surface area (TPSA) is 75.6 Å². The molecule has 2 atom stereocenters. The van der Waals surface area contributed by atoms with E-state index in [9.17, 15) is 9.59 Å². The van der Waals surface area contributed by atoms with Crippen molar-refractivity contribution in [2.75, 3.05) is 0 Å². The Morgan fingerprint density at radius 3 is 2.55 bits per heavy atom. The fourth-order valence-electron chi connectivity index (χ4n) is 0.849. The zero-order chi connectivity index (χ0) is 8.65. The molecule has 0 radical (unpaired) electrons. The first kappa shape index (κ1) is 7.84. The Morgan fingerprint density at radius 1 is 1.82 bits per heavy atom. The quantitative estimate of drug-likeness (QED) is 0.562. The monoisotopic (exact) mass is 159 g/mol. The molecule has 0 bridgehead atoms. The Balaban J connectivity index is 2.87. The molecule has 1 fully saturated rings. The third-order valence-corrected chi connectivity index (χ3v) is 1.90. The van der Waals surface area contributed by atoms with Crippen molar-refractivity contribution in [3.63, 3.8) is 0 Å². The van der Waals surface area contributed by atoms with Crippen molar-refractivity contribution in [1.29, 1.82) is 0 Å². The lowest BCUT2D eigenvalue weighted by Crippen LogP contribution is -2.51. The van der Waals surface area contributed by atoms with Gasteiger partial charge in [0.25, 0.3) is 0 Å². The molecule has 5 nitrogen and oxygen atoms in total. The number of carboxylic acid groups (broad SMARTS) is 1. The van der Waals surface area contributed by atoms with Crippen LogP contribution in [0.2, 0.25) is 0 Å². The van der Waals surface area contributed by atoms with Gasteiger partial charge in [-0.25, -0.2) is 9.59 Å². The third-order valence-electron chi connectivity index (χ3n) is 1.90. The molecule has 0 saturated carbocycles. The van der Waals surface area contributed by atoms with E-state index < -0.39 is 23.7 Å². The van der Waals surface area contributed by atoms with Crippen LogP contribution in [0.3, 0.4) is 0 Å². The molecule has 1 saturated heterocycles. The summed E-state index contributed by atoms with van der Waals surface area (Å²) in [4.78, 5) is 21.2. The summed E-state index contributed by atoms with van der Waals surface area (Å²) < 4.78 is 4.61. The van der Waals surface area contributed by atoms with Gasteiger partial charge in [-0.15, -0.1) is 0 Å². The minimum Gasteiger partial charge on any atom is -0.479 e. The smallest absolute Gasteiger partial charge is 0.408 e. The standard InChI is InChI=1S/C6H9NO4/c1-3-6(2,4(8)9)7-5(10)11-3/h3H,1-2H3,(H,7,10)(H,8,9)/t3-,6+/m0/s1. The van der Waals surface area contributed by atoms with Crippen LogP contribution < -0.4 is 5.32 Å². The fraction of sp³-hybridized carbons (Fsp3) is 0.667. The lowest BCUT2D eigenvalue weighted by Gasteiger charge is -2.19. The molecule has 1 heterocycles. The number of rotatable bonds is 1. The van der Waals surface area contributed by atoms with Crippen LogP contribution >= 0.6 is 0 Å². The van der Waals surface area contributed by atoms with Gasteiger partial charge in [0.1, 0.15) is 6.10 Å². The van der Waals surface area contributed by atoms with Crippen molar-refractivity contribution in [1.82, 2.24) is 5.32 Å². The number of nitrogens with one attached hydrogen (secondary N) is 1. The normalized spacial score (nSPS) is 36.2. The Bertz CT molecular complexity index is 215. The molecule has 2 N–H and O–H groups in total. The number of ether oxygens (including phenoxy) is 1. The molecule has 1 rings (SSSR count). The van der Waals surface area contributed by atoms with Crippen LogP contribution in [0, 0.1) is 0 Å². The summed E-state index contributed by atoms with van der Waals surface area (Å²) in [5, 5.41) is 10.9. The van der Waals surface area contributed by atoms with Crippen molar-refractivity contribution in [2.24, 2.45) is 0 Å². The summed E-state index contributed by atoms with van der Waals surface area (Å²) in [6.07, 6.45) is -1.31. The van der Waals surface area contributed by atoms with Gasteiger partial charge in [-0.05, 0) is 13.8 Å². The lowest BCUT2D eigenvalue weighted by molar-refractivity contribution is -0.145. The third kappa shape index (κ3) is 1.02. The Morgan fingerprint density at radius 2 is 2.36 bits per heavy atom. The van der Waals surface area contributed by atoms with Gasteiger partial charge in [0.15, 0.2) is 5.54 Å². The summed E-state index contributed by atoms with van der Waals surface area (Å²) in [5.74, 6) is -1.09. The van der Waals surface area contributed by atoms with Gasteiger partial charge in [-0.3, -0.25) is 0 Å². The van der Waals surface area contributed by atoms with E-state index in [4.69, 9.17) is 5.11 Å². The highest BCUT2D eigenvalue weighted by atomic mass is 16.6. The van der Waals surface area contributed by atoms with Gasteiger partial charge < -0.3 is 15.2 Å². The summed E-state index contributed by atoms with van der Waals surface area (Å²) in [6.45, 7) is 2.94. The molecule has 0 spiro atoms. The van der Waals surface area contributed by atoms with Crippen LogP contribution in [0.25, 0.3) is 0 Å². The van der Waals surface area contributed by atoms with Crippen molar-refractivity contribution in [2.45, 2.75) is 25.5 Å². The van der Waals surface area contributed by atoms with Crippen molar-refractivity contribution in [3.8, 4) is 0 Å². The maximum atomic E-state index is 10.6. The Hall–Kier alpha value is -1.26. The number of aliphatic carboxylic acids is 1. The van der Waals surface area contributed by atoms with E-state index in [0.29, 0.717) is 0 Å². The van der Waals surface area contributed by atoms with Crippen LogP contribution in [0.4, 0.5) is 4.79 Å². The molecule has 0 unspecified atom stereocenters. The van der Waals surface area contributed by atoms with E-state index in [2.05, 4.69) is 10.1 Å². The largest absolute Gasteiger partial charge is 0.479 e. The molecule has 1 aliphatic heterocycles. The molecule has 0 aromatic rings. The van der Waals surface area contributed by atoms with E-state index in [1.54, 1.807) is 0 Å². The molecule has 0 aromatic carbocycles. The highest BCUT2D eigenvalue weighted by molar-refractivity contribution is 5.87. The molecule has 5 heteroatoms. The second kappa shape index (κ2) is 2.11. The van der Waals surface area contributed by atoms with Crippen LogP contribution in [0.1, 0.15) is 13.8 Å². The molecule has 1 amide bonds. The van der Waals surface area contributed by atoms with Gasteiger partial charge in [-0.2, -0.15) is 0 Å². The molecule has 62 valence electrons. The fourth-order valence-corrected chi connectivity index (χ4v) is 0.849. The van der Waals surface area contributed by atoms with Gasteiger partial charge in [0, 0.05) is 0 Å². The van der Waals surface area contributed by atoms with Crippen LogP contribution in [-0.4, -0.2) is 28.8 Å². The van der Waals surface area contributed by atoms with E-state index in [1.165, 1.54) is 13.8 Å². The van der Waals surface area contributed by atoms with Crippen LogP contribution in [0.15, 0.2) is 0 Å². The van der Waals surface area contributed by atoms with Crippen molar-refractivity contribution >= 4 is 12.1 Å². The second-order valence-corrected chi connectivity index (χ2v) is 2.68. The average Bonchev–Trinajstić information content (AvgIpc) is 2.08. The number of alkyl carbamates (subject to hydrolysis) is 1. The van der Waals surface area contributed by atoms with E-state index in [1.807, 2.05) is 0 Å². The summed E-state index contributed by atoms with van der Waals surface area (Å²) >= 11 is 0. The average molecular weight is 159 g/mol. The number of hydrogen-bond acceptors (Lipinski definition) is 3. The predicted octanol–water partition coefficient (Wildman–Crippen LogP) is -0.0420. The highest BCUT2D eigenvalue weighted by Crippen LogP contribution is 2.19. The molecule has 11 heavy (non-hydrogen) atoms. The highest BCUT2D eigenvalue weighted by Gasteiger charge is 2.48. The first-order valence-corrected chi connectivity index (χ1v) is 3.19. The zero-order valence-corrected chi connectivity index (χ0v) is 6.25. The summed E-state index contributed by atoms with van der Waals surface area (Å²) in [7, 11) is 0. The summed E-state index contributed by atoms with van der Waals surface area (Å²) in [5.41, 5.74) is -1.28. The van der Waals surface area contributed by atoms with Gasteiger partial charge in [0.2, 0.25) is 0 Å². The van der Waals surface area contributed by atoms with E-state index in [0.717, 1.165) is 0 Å². The van der Waals surface area contributed by atoms with E-state index >= 15 is 0 Å². The van der Waals surface area contributed by atoms with Gasteiger partial charge >= 0.3 is 12.1 Å². The first-order chi connectivity index (χ1) is 4.97. The molecule has 0 aromatic heterocycles. The van der Waals surface area contributed by atoms with Crippen LogP contribution in [-0.2, 0) is 9.53 Å². The predicted molar refractivity (Wildman–Crippen MR) is 35.1 cm³/mol. The molecular weight excluding hydrogens is 150 g/mol. The SMILES string of the molecule is C[C@@H]1OC(=O)N[C@@]1(C)C(=O)O. The van der Waals surface area contributed by atoms with Crippen LogP contribution in [0.5, 0.6) is 0 Å². The van der Waals surface area contributed by atoms with Crippen molar-refractivity contribution < 1.29 is 19.4 Å². The van der Waals surface area contributed by atoms with Crippen molar-refractivity contribution in [3.05, 3.63) is 0 Å². The molecular formula is C6H9NO4. The van der Waals surface area contributed by atoms with E-state index in [-0.39, 0.29) is 0 Å². The number of hydrogen-bond donors (Lipinski definition) is 2.